The summed E-state index contributed by atoms with van der Waals surface area (Å²) >= 11 is 3.55. The second-order valence-corrected chi connectivity index (χ2v) is 7.09. The first kappa shape index (κ1) is 15.0. The fourth-order valence-electron chi connectivity index (χ4n) is 3.69. The Morgan fingerprint density at radius 3 is 2.71 bits per heavy atom. The van der Waals surface area contributed by atoms with Crippen molar-refractivity contribution in [2.24, 2.45) is 0 Å². The van der Waals surface area contributed by atoms with Crippen molar-refractivity contribution in [2.45, 2.75) is 57.5 Å². The molecule has 3 rings (SSSR count). The minimum absolute atomic E-state index is 0.240. The number of hydrogen-bond acceptors (Lipinski definition) is 2. The number of aryl methyl sites for hydroxylation is 1. The van der Waals surface area contributed by atoms with Crippen molar-refractivity contribution in [3.63, 3.8) is 0 Å². The minimum atomic E-state index is 0.240. The highest BCUT2D eigenvalue weighted by Crippen LogP contribution is 2.32. The predicted molar refractivity (Wildman–Crippen MR) is 91.7 cm³/mol. The van der Waals surface area contributed by atoms with Crippen molar-refractivity contribution >= 4 is 27.0 Å². The van der Waals surface area contributed by atoms with E-state index in [1.165, 1.54) is 43.4 Å². The zero-order valence-corrected chi connectivity index (χ0v) is 14.5. The highest BCUT2D eigenvalue weighted by molar-refractivity contribution is 9.10. The molecule has 1 aromatic heterocycles. The van der Waals surface area contributed by atoms with E-state index in [9.17, 15) is 0 Å². The van der Waals surface area contributed by atoms with Gasteiger partial charge in [0.2, 0.25) is 0 Å². The van der Waals surface area contributed by atoms with Gasteiger partial charge in [0, 0.05) is 23.0 Å². The average molecular weight is 350 g/mol. The van der Waals surface area contributed by atoms with Crippen LogP contribution in [0.5, 0.6) is 0 Å². The van der Waals surface area contributed by atoms with Gasteiger partial charge < -0.3 is 9.88 Å². The molecule has 1 saturated carbocycles. The molecule has 21 heavy (non-hydrogen) atoms. The fourth-order valence-corrected chi connectivity index (χ4v) is 4.04. The molecule has 0 spiro atoms. The van der Waals surface area contributed by atoms with Crippen LogP contribution in [0.4, 0.5) is 0 Å². The lowest BCUT2D eigenvalue weighted by atomic mass is 9.79. The lowest BCUT2D eigenvalue weighted by molar-refractivity contribution is 0.239. The van der Waals surface area contributed by atoms with E-state index >= 15 is 0 Å². The second-order valence-electron chi connectivity index (χ2n) is 6.17. The lowest BCUT2D eigenvalue weighted by Gasteiger charge is -2.37. The second kappa shape index (κ2) is 6.09. The summed E-state index contributed by atoms with van der Waals surface area (Å²) in [4.78, 5) is 4.92. The van der Waals surface area contributed by atoms with E-state index in [-0.39, 0.29) is 5.54 Å². The summed E-state index contributed by atoms with van der Waals surface area (Å²) in [5.41, 5.74) is 2.59. The van der Waals surface area contributed by atoms with E-state index in [2.05, 4.69) is 58.0 Å². The fraction of sp³-hybridized carbons (Fsp3) is 0.588. The topological polar surface area (TPSA) is 29.9 Å². The van der Waals surface area contributed by atoms with Crippen molar-refractivity contribution in [1.82, 2.24) is 14.9 Å². The molecule has 1 aliphatic carbocycles. The van der Waals surface area contributed by atoms with Crippen LogP contribution < -0.4 is 5.32 Å². The Hall–Kier alpha value is -0.870. The van der Waals surface area contributed by atoms with Crippen molar-refractivity contribution < 1.29 is 0 Å². The predicted octanol–water partition coefficient (Wildman–Crippen LogP) is 4.28. The van der Waals surface area contributed by atoms with Crippen LogP contribution in [0.1, 0.15) is 44.9 Å². The van der Waals surface area contributed by atoms with Gasteiger partial charge >= 0.3 is 0 Å². The van der Waals surface area contributed by atoms with E-state index in [0.29, 0.717) is 0 Å². The van der Waals surface area contributed by atoms with Crippen LogP contribution in [0.15, 0.2) is 22.7 Å². The third-order valence-electron chi connectivity index (χ3n) is 4.94. The van der Waals surface area contributed by atoms with Crippen molar-refractivity contribution in [1.29, 1.82) is 0 Å². The van der Waals surface area contributed by atoms with E-state index in [0.717, 1.165) is 23.0 Å². The molecule has 0 amide bonds. The molecular formula is C17H24BrN3. The molecule has 1 heterocycles. The highest BCUT2D eigenvalue weighted by atomic mass is 79.9. The van der Waals surface area contributed by atoms with Crippen molar-refractivity contribution in [3.8, 4) is 0 Å². The largest absolute Gasteiger partial charge is 0.328 e. The van der Waals surface area contributed by atoms with Gasteiger partial charge in [-0.25, -0.2) is 4.98 Å². The van der Waals surface area contributed by atoms with Crippen molar-refractivity contribution in [2.75, 3.05) is 7.05 Å². The molecule has 0 radical (unpaired) electrons. The highest BCUT2D eigenvalue weighted by Gasteiger charge is 2.32. The van der Waals surface area contributed by atoms with Gasteiger partial charge in [0.05, 0.1) is 11.0 Å². The molecule has 1 fully saturated rings. The summed E-state index contributed by atoms with van der Waals surface area (Å²) in [5.74, 6) is 1.22. The Bertz CT molecular complexity index is 626. The average Bonchev–Trinajstić information content (AvgIpc) is 2.84. The molecule has 2 aromatic rings. The van der Waals surface area contributed by atoms with E-state index in [1.807, 2.05) is 0 Å². The summed E-state index contributed by atoms with van der Waals surface area (Å²) < 4.78 is 3.47. The summed E-state index contributed by atoms with van der Waals surface area (Å²) in [7, 11) is 2.11. The number of hydrogen-bond donors (Lipinski definition) is 1. The zero-order chi connectivity index (χ0) is 14.9. The number of benzene rings is 1. The van der Waals surface area contributed by atoms with Crippen LogP contribution in [-0.2, 0) is 13.0 Å². The van der Waals surface area contributed by atoms with Crippen molar-refractivity contribution in [3.05, 3.63) is 28.5 Å². The normalized spacial score (nSPS) is 18.2. The maximum absolute atomic E-state index is 4.92. The summed E-state index contributed by atoms with van der Waals surface area (Å²) in [6, 6.07) is 6.40. The molecule has 3 nitrogen and oxygen atoms in total. The first-order valence-corrected chi connectivity index (χ1v) is 8.80. The Labute approximate surface area is 135 Å². The third-order valence-corrected chi connectivity index (χ3v) is 5.44. The van der Waals surface area contributed by atoms with Crippen LogP contribution in [0.2, 0.25) is 0 Å². The number of aromatic nitrogens is 2. The van der Waals surface area contributed by atoms with Gasteiger partial charge in [0.15, 0.2) is 0 Å². The van der Waals surface area contributed by atoms with Crippen LogP contribution in [-0.4, -0.2) is 22.1 Å². The molecule has 0 aliphatic heterocycles. The number of likely N-dealkylation sites (N-methyl/N-ethyl adjacent to an activating group) is 1. The molecule has 0 atom stereocenters. The molecule has 4 heteroatoms. The number of imidazole rings is 1. The Balaban J connectivity index is 1.99. The third kappa shape index (κ3) is 2.88. The molecule has 1 aromatic carbocycles. The van der Waals surface area contributed by atoms with Gasteiger partial charge in [-0.05, 0) is 45.0 Å². The molecule has 1 aliphatic rings. The number of nitrogens with zero attached hydrogens (tertiary/aromatic N) is 2. The van der Waals surface area contributed by atoms with Gasteiger partial charge in [-0.15, -0.1) is 0 Å². The molecule has 1 N–H and O–H groups in total. The summed E-state index contributed by atoms with van der Waals surface area (Å²) in [5, 5.41) is 3.61. The molecule has 114 valence electrons. The van der Waals surface area contributed by atoms with Gasteiger partial charge in [-0.2, -0.15) is 0 Å². The Kier molecular flexibility index (Phi) is 4.36. The smallest absolute Gasteiger partial charge is 0.111 e. The molecule has 0 unspecified atom stereocenters. The van der Waals surface area contributed by atoms with Gasteiger partial charge in [0.1, 0.15) is 5.82 Å². The Morgan fingerprint density at radius 2 is 2.05 bits per heavy atom. The number of rotatable bonds is 4. The number of halogens is 1. The maximum atomic E-state index is 4.92. The molecular weight excluding hydrogens is 326 g/mol. The summed E-state index contributed by atoms with van der Waals surface area (Å²) in [6.45, 7) is 3.19. The van der Waals surface area contributed by atoms with Gasteiger partial charge in [-0.1, -0.05) is 35.2 Å². The Morgan fingerprint density at radius 1 is 1.29 bits per heavy atom. The van der Waals surface area contributed by atoms with Crippen LogP contribution in [0.3, 0.4) is 0 Å². The van der Waals surface area contributed by atoms with Gasteiger partial charge in [0.25, 0.3) is 0 Å². The first-order valence-electron chi connectivity index (χ1n) is 8.01. The standard InChI is InChI=1S/C17H24BrN3/c1-3-21-15-8-7-13(18)11-14(15)20-16(21)12-17(19-2)9-5-4-6-10-17/h7-8,11,19H,3-6,9-10,12H2,1-2H3. The summed E-state index contributed by atoms with van der Waals surface area (Å²) in [6.07, 6.45) is 7.60. The van der Waals surface area contributed by atoms with E-state index in [4.69, 9.17) is 4.98 Å². The lowest BCUT2D eigenvalue weighted by Crippen LogP contribution is -2.47. The SMILES string of the molecule is CCn1c(CC2(NC)CCCCC2)nc2cc(Br)ccc21. The number of fused-ring (bicyclic) bond motifs is 1. The van der Waals surface area contributed by atoms with Crippen LogP contribution in [0.25, 0.3) is 11.0 Å². The first-order chi connectivity index (χ1) is 10.2. The quantitative estimate of drug-likeness (QED) is 0.892. The minimum Gasteiger partial charge on any atom is -0.328 e. The molecule has 0 saturated heterocycles. The zero-order valence-electron chi connectivity index (χ0n) is 13.0. The number of nitrogens with one attached hydrogen (secondary N) is 1. The molecule has 0 bridgehead atoms. The van der Waals surface area contributed by atoms with E-state index in [1.54, 1.807) is 0 Å². The monoisotopic (exact) mass is 349 g/mol. The van der Waals surface area contributed by atoms with E-state index < -0.39 is 0 Å². The van der Waals surface area contributed by atoms with Crippen LogP contribution >= 0.6 is 15.9 Å². The van der Waals surface area contributed by atoms with Gasteiger partial charge in [-0.3, -0.25) is 0 Å². The van der Waals surface area contributed by atoms with Crippen LogP contribution in [0, 0.1) is 0 Å². The maximum Gasteiger partial charge on any atom is 0.111 e.